The van der Waals surface area contributed by atoms with E-state index in [1.807, 2.05) is 0 Å². The third kappa shape index (κ3) is 3.34. The third-order valence-corrected chi connectivity index (χ3v) is 3.71. The predicted molar refractivity (Wildman–Crippen MR) is 70.4 cm³/mol. The molecule has 0 spiro atoms. The summed E-state index contributed by atoms with van der Waals surface area (Å²) in [5.41, 5.74) is -8.90. The second-order valence-electron chi connectivity index (χ2n) is 5.98. The van der Waals surface area contributed by atoms with Gasteiger partial charge in [-0.2, -0.15) is 26.3 Å². The van der Waals surface area contributed by atoms with Crippen LogP contribution in [-0.2, 0) is 9.53 Å². The molecule has 0 unspecified atom stereocenters. The molecule has 9 heteroatoms. The predicted octanol–water partition coefficient (Wildman–Crippen LogP) is 4.01. The molecular formula is C14H20F6O3. The molecule has 136 valence electrons. The van der Waals surface area contributed by atoms with Gasteiger partial charge in [0.2, 0.25) is 0 Å². The first-order chi connectivity index (χ1) is 9.96. The van der Waals surface area contributed by atoms with Gasteiger partial charge in [-0.15, -0.1) is 0 Å². The number of carbonyl (C=O) groups excluding carboxylic acids is 1. The average Bonchev–Trinajstić information content (AvgIpc) is 2.30. The molecule has 0 aliphatic rings. The highest BCUT2D eigenvalue weighted by Crippen LogP contribution is 2.56. The third-order valence-electron chi connectivity index (χ3n) is 3.71. The lowest BCUT2D eigenvalue weighted by Crippen LogP contribution is -2.75. The average molecular weight is 350 g/mol. The number of ether oxygens (including phenoxy) is 1. The monoisotopic (exact) mass is 350 g/mol. The van der Waals surface area contributed by atoms with Crippen LogP contribution >= 0.6 is 0 Å². The number of halogens is 6. The summed E-state index contributed by atoms with van der Waals surface area (Å²) in [5, 5.41) is 9.81. The second kappa shape index (κ2) is 6.33. The summed E-state index contributed by atoms with van der Waals surface area (Å²) in [4.78, 5) is 11.7. The van der Waals surface area contributed by atoms with Crippen molar-refractivity contribution < 1.29 is 41.0 Å². The Morgan fingerprint density at radius 1 is 0.957 bits per heavy atom. The van der Waals surface area contributed by atoms with E-state index < -0.39 is 41.4 Å². The highest BCUT2D eigenvalue weighted by atomic mass is 19.4. The van der Waals surface area contributed by atoms with Gasteiger partial charge < -0.3 is 9.84 Å². The van der Waals surface area contributed by atoms with Gasteiger partial charge in [0.1, 0.15) is 0 Å². The van der Waals surface area contributed by atoms with Crippen LogP contribution in [0.2, 0.25) is 0 Å². The van der Waals surface area contributed by atoms with Crippen LogP contribution in [0, 0.1) is 11.8 Å². The molecule has 23 heavy (non-hydrogen) atoms. The molecule has 0 aromatic carbocycles. The first-order valence-electron chi connectivity index (χ1n) is 6.71. The lowest BCUT2D eigenvalue weighted by molar-refractivity contribution is -0.424. The summed E-state index contributed by atoms with van der Waals surface area (Å²) in [7, 11) is 0. The minimum atomic E-state index is -6.12. The number of hydrogen-bond donors (Lipinski definition) is 1. The van der Waals surface area contributed by atoms with Gasteiger partial charge in [0.25, 0.3) is 5.60 Å². The summed E-state index contributed by atoms with van der Waals surface area (Å²) in [6.07, 6.45) is -12.2. The van der Waals surface area contributed by atoms with Gasteiger partial charge in [-0.3, -0.25) is 0 Å². The normalized spacial score (nSPS) is 14.3. The SMILES string of the molecule is C=C(C)C(=O)OC(C(C)C)(C(C)C)C(O)(C(F)(F)F)C(F)(F)F. The molecule has 0 saturated carbocycles. The summed E-state index contributed by atoms with van der Waals surface area (Å²) in [5.74, 6) is -4.45. The van der Waals surface area contributed by atoms with E-state index in [1.165, 1.54) is 0 Å². The van der Waals surface area contributed by atoms with Crippen molar-refractivity contribution in [1.29, 1.82) is 0 Å². The molecule has 0 bridgehead atoms. The van der Waals surface area contributed by atoms with E-state index in [4.69, 9.17) is 0 Å². The number of aliphatic hydroxyl groups is 1. The quantitative estimate of drug-likeness (QED) is 0.463. The maximum Gasteiger partial charge on any atom is 0.430 e. The zero-order valence-electron chi connectivity index (χ0n) is 13.4. The largest absolute Gasteiger partial charge is 0.451 e. The fraction of sp³-hybridized carbons (Fsp3) is 0.786. The van der Waals surface area contributed by atoms with Gasteiger partial charge in [-0.05, 0) is 18.8 Å². The summed E-state index contributed by atoms with van der Waals surface area (Å²) < 4.78 is 84.3. The highest BCUT2D eigenvalue weighted by molar-refractivity contribution is 5.87. The zero-order chi connectivity index (χ0) is 19.0. The van der Waals surface area contributed by atoms with E-state index in [2.05, 4.69) is 11.3 Å². The number of esters is 1. The Bertz CT molecular complexity index is 440. The van der Waals surface area contributed by atoms with E-state index >= 15 is 0 Å². The Labute approximate surface area is 130 Å². The maximum absolute atomic E-state index is 13.3. The standard InChI is InChI=1S/C14H20F6O3/c1-7(2)10(21)23-11(8(3)4,9(5)6)12(22,13(15,16)17)14(18,19)20/h8-9,22H,1H2,2-6H3. The zero-order valence-corrected chi connectivity index (χ0v) is 13.4. The van der Waals surface area contributed by atoms with Crippen molar-refractivity contribution in [2.75, 3.05) is 0 Å². The molecule has 1 N–H and O–H groups in total. The lowest BCUT2D eigenvalue weighted by atomic mass is 9.67. The van der Waals surface area contributed by atoms with Gasteiger partial charge in [0.15, 0.2) is 5.60 Å². The van der Waals surface area contributed by atoms with Crippen molar-refractivity contribution >= 4 is 5.97 Å². The van der Waals surface area contributed by atoms with Crippen LogP contribution in [0.25, 0.3) is 0 Å². The summed E-state index contributed by atoms with van der Waals surface area (Å²) >= 11 is 0. The molecule has 0 saturated heterocycles. The first kappa shape index (κ1) is 21.8. The number of hydrogen-bond acceptors (Lipinski definition) is 3. The van der Waals surface area contributed by atoms with Crippen molar-refractivity contribution in [1.82, 2.24) is 0 Å². The second-order valence-corrected chi connectivity index (χ2v) is 5.98. The summed E-state index contributed by atoms with van der Waals surface area (Å²) in [6, 6.07) is 0. The van der Waals surface area contributed by atoms with Crippen molar-refractivity contribution in [3.63, 3.8) is 0 Å². The van der Waals surface area contributed by atoms with Crippen LogP contribution in [0.5, 0.6) is 0 Å². The molecule has 0 amide bonds. The number of rotatable bonds is 5. The van der Waals surface area contributed by atoms with E-state index in [0.29, 0.717) is 0 Å². The Balaban J connectivity index is 6.73. The highest BCUT2D eigenvalue weighted by Gasteiger charge is 2.82. The topological polar surface area (TPSA) is 46.5 Å². The van der Waals surface area contributed by atoms with E-state index in [1.54, 1.807) is 0 Å². The maximum atomic E-state index is 13.3. The van der Waals surface area contributed by atoms with Crippen LogP contribution in [0.1, 0.15) is 34.6 Å². The van der Waals surface area contributed by atoms with Gasteiger partial charge in [0.05, 0.1) is 0 Å². The molecule has 3 nitrogen and oxygen atoms in total. The molecule has 0 rings (SSSR count). The van der Waals surface area contributed by atoms with Crippen molar-refractivity contribution in [3.8, 4) is 0 Å². The van der Waals surface area contributed by atoms with Gasteiger partial charge in [-0.1, -0.05) is 34.3 Å². The van der Waals surface area contributed by atoms with Crippen LogP contribution in [0.4, 0.5) is 26.3 Å². The first-order valence-corrected chi connectivity index (χ1v) is 6.71. The molecule has 0 radical (unpaired) electrons. The molecule has 0 aromatic heterocycles. The minimum absolute atomic E-state index is 0.387. The molecule has 0 aromatic rings. The Morgan fingerprint density at radius 2 is 1.26 bits per heavy atom. The van der Waals surface area contributed by atoms with Crippen molar-refractivity contribution in [2.24, 2.45) is 11.8 Å². The van der Waals surface area contributed by atoms with Crippen LogP contribution in [-0.4, -0.2) is 34.6 Å². The summed E-state index contributed by atoms with van der Waals surface area (Å²) in [6.45, 7) is 8.26. The smallest absolute Gasteiger partial charge is 0.430 e. The molecule has 0 heterocycles. The molecule has 0 aliphatic carbocycles. The number of alkyl halides is 6. The Morgan fingerprint density at radius 3 is 1.43 bits per heavy atom. The molecule has 0 atom stereocenters. The van der Waals surface area contributed by atoms with Crippen molar-refractivity contribution in [3.05, 3.63) is 12.2 Å². The van der Waals surface area contributed by atoms with Crippen LogP contribution < -0.4 is 0 Å². The van der Waals surface area contributed by atoms with E-state index in [-0.39, 0.29) is 5.57 Å². The van der Waals surface area contributed by atoms with E-state index in [9.17, 15) is 36.2 Å². The lowest BCUT2D eigenvalue weighted by Gasteiger charge is -2.51. The van der Waals surface area contributed by atoms with Crippen LogP contribution in [0.3, 0.4) is 0 Å². The minimum Gasteiger partial charge on any atom is -0.451 e. The fourth-order valence-corrected chi connectivity index (χ4v) is 2.66. The van der Waals surface area contributed by atoms with Crippen LogP contribution in [0.15, 0.2) is 12.2 Å². The number of carbonyl (C=O) groups is 1. The molecular weight excluding hydrogens is 330 g/mol. The Kier molecular flexibility index (Phi) is 5.99. The van der Waals surface area contributed by atoms with Gasteiger partial charge in [-0.25, -0.2) is 4.79 Å². The molecule has 0 fully saturated rings. The van der Waals surface area contributed by atoms with Crippen molar-refractivity contribution in [2.45, 2.75) is 58.2 Å². The van der Waals surface area contributed by atoms with Gasteiger partial charge in [0, 0.05) is 5.57 Å². The fourth-order valence-electron chi connectivity index (χ4n) is 2.66. The van der Waals surface area contributed by atoms with E-state index in [0.717, 1.165) is 34.6 Å². The van der Waals surface area contributed by atoms with Gasteiger partial charge >= 0.3 is 18.3 Å². The Hall–Kier alpha value is -1.25. The molecule has 0 aliphatic heterocycles.